The first kappa shape index (κ1) is 26.5. The summed E-state index contributed by atoms with van der Waals surface area (Å²) in [5, 5.41) is 8.33. The summed E-state index contributed by atoms with van der Waals surface area (Å²) in [5.74, 6) is 0. The Morgan fingerprint density at radius 2 is 1.86 bits per heavy atom. The van der Waals surface area contributed by atoms with E-state index in [-0.39, 0.29) is 32.0 Å². The molecule has 2 fully saturated rings. The van der Waals surface area contributed by atoms with Crippen LogP contribution in [0.2, 0.25) is 0 Å². The lowest BCUT2D eigenvalue weighted by Crippen LogP contribution is -2.26. The van der Waals surface area contributed by atoms with Crippen LogP contribution in [0.4, 0.5) is 9.59 Å². The predicted molar refractivity (Wildman–Crippen MR) is 104 cm³/mol. The molecule has 0 aromatic carbocycles. The van der Waals surface area contributed by atoms with Crippen LogP contribution >= 0.6 is 12.0 Å². The van der Waals surface area contributed by atoms with E-state index in [1.807, 2.05) is 13.8 Å². The van der Waals surface area contributed by atoms with Gasteiger partial charge in [0.15, 0.2) is 12.2 Å². The quantitative estimate of drug-likeness (QED) is 0.459. The maximum Gasteiger partial charge on any atom is 0.508 e. The second kappa shape index (κ2) is 15.4. The summed E-state index contributed by atoms with van der Waals surface area (Å²) in [4.78, 5) is 21.5. The minimum atomic E-state index is -0.691. The van der Waals surface area contributed by atoms with Gasteiger partial charge in [0.05, 0.1) is 12.7 Å². The van der Waals surface area contributed by atoms with Crippen molar-refractivity contribution in [3.8, 4) is 0 Å². The second-order valence-corrected chi connectivity index (χ2v) is 7.18. The van der Waals surface area contributed by atoms with E-state index in [9.17, 15) is 9.59 Å². The molecule has 2 heterocycles. The third-order valence-corrected chi connectivity index (χ3v) is 4.11. The number of carbonyl (C=O) groups excluding carboxylic acids is 2. The van der Waals surface area contributed by atoms with Crippen LogP contribution in [0.5, 0.6) is 0 Å². The highest BCUT2D eigenvalue weighted by atomic mass is 32.2. The molecule has 28 heavy (non-hydrogen) atoms. The SMILES string of the molecule is C=C(C)SOC(C)C1COC(=O)O1.CCCC(C)OC.O=C1OCC(CO)O1. The minimum absolute atomic E-state index is 0.161. The van der Waals surface area contributed by atoms with Crippen molar-refractivity contribution < 1.29 is 42.6 Å². The summed E-state index contributed by atoms with van der Waals surface area (Å²) in [6.07, 6.45) is 0.593. The monoisotopic (exact) mass is 424 g/mol. The fraction of sp³-hybridized carbons (Fsp3) is 0.778. The summed E-state index contributed by atoms with van der Waals surface area (Å²) >= 11 is 1.19. The van der Waals surface area contributed by atoms with Gasteiger partial charge in [0.1, 0.15) is 19.3 Å². The summed E-state index contributed by atoms with van der Waals surface area (Å²) in [7, 11) is 1.75. The highest BCUT2D eigenvalue weighted by Crippen LogP contribution is 2.21. The standard InChI is InChI=1S/C8H12O4S.C6H14O.C4H6O4/c1-5(2)13-12-6(3)7-4-10-8(9)11-7;1-4-5-6(2)7-3;5-1-3-2-7-4(6)8-3/h6-7H,1,4H2,2-3H3;6H,4-5H2,1-3H3;3,5H,1-2H2. The van der Waals surface area contributed by atoms with Gasteiger partial charge < -0.3 is 33.0 Å². The maximum absolute atomic E-state index is 10.6. The van der Waals surface area contributed by atoms with Gasteiger partial charge in [-0.2, -0.15) is 0 Å². The predicted octanol–water partition coefficient (Wildman–Crippen LogP) is 3.44. The van der Waals surface area contributed by atoms with Crippen molar-refractivity contribution in [2.45, 2.75) is 65.0 Å². The largest absolute Gasteiger partial charge is 0.508 e. The average molecular weight is 425 g/mol. The van der Waals surface area contributed by atoms with Crippen LogP contribution in [0.25, 0.3) is 0 Å². The van der Waals surface area contributed by atoms with Crippen LogP contribution in [0.1, 0.15) is 40.5 Å². The Hall–Kier alpha value is -1.49. The number of allylic oxidation sites excluding steroid dienone is 1. The molecule has 0 amide bonds. The van der Waals surface area contributed by atoms with Crippen molar-refractivity contribution in [2.24, 2.45) is 0 Å². The summed E-state index contributed by atoms with van der Waals surface area (Å²) in [5.41, 5.74) is 0. The van der Waals surface area contributed by atoms with E-state index in [1.165, 1.54) is 24.9 Å². The Bertz CT molecular complexity index is 472. The number of cyclic esters (lactones) is 4. The minimum Gasteiger partial charge on any atom is -0.430 e. The number of ether oxygens (including phenoxy) is 5. The number of rotatable bonds is 8. The molecular formula is C18H32O9S. The molecule has 9 nitrogen and oxygen atoms in total. The molecule has 4 unspecified atom stereocenters. The van der Waals surface area contributed by atoms with Gasteiger partial charge in [0.2, 0.25) is 0 Å². The van der Waals surface area contributed by atoms with E-state index in [0.717, 1.165) is 4.91 Å². The molecule has 2 saturated heterocycles. The molecule has 2 aliphatic rings. The highest BCUT2D eigenvalue weighted by molar-refractivity contribution is 7.98. The van der Waals surface area contributed by atoms with Crippen LogP contribution in [0.15, 0.2) is 11.5 Å². The Labute approximate surface area is 170 Å². The molecule has 0 aromatic heterocycles. The molecular weight excluding hydrogens is 392 g/mol. The van der Waals surface area contributed by atoms with Crippen LogP contribution < -0.4 is 0 Å². The van der Waals surface area contributed by atoms with Crippen molar-refractivity contribution in [3.63, 3.8) is 0 Å². The lowest BCUT2D eigenvalue weighted by atomic mass is 10.2. The average Bonchev–Trinajstić information content (AvgIpc) is 3.29. The van der Waals surface area contributed by atoms with Crippen LogP contribution in [0, 0.1) is 0 Å². The maximum atomic E-state index is 10.6. The number of carbonyl (C=O) groups is 2. The summed E-state index contributed by atoms with van der Waals surface area (Å²) in [6.45, 7) is 11.9. The molecule has 0 spiro atoms. The first-order chi connectivity index (χ1) is 13.2. The van der Waals surface area contributed by atoms with Crippen LogP contribution in [-0.4, -0.2) is 68.8 Å². The van der Waals surface area contributed by atoms with Crippen molar-refractivity contribution >= 4 is 24.4 Å². The number of aliphatic hydroxyl groups excluding tert-OH is 1. The molecule has 2 rings (SSSR count). The van der Waals surface area contributed by atoms with E-state index in [0.29, 0.717) is 6.10 Å². The fourth-order valence-electron chi connectivity index (χ4n) is 1.77. The van der Waals surface area contributed by atoms with Gasteiger partial charge in [-0.3, -0.25) is 0 Å². The first-order valence-corrected chi connectivity index (χ1v) is 9.76. The molecule has 0 bridgehead atoms. The number of aliphatic hydroxyl groups is 1. The molecule has 4 atom stereocenters. The number of hydrogen-bond acceptors (Lipinski definition) is 10. The van der Waals surface area contributed by atoms with E-state index < -0.39 is 18.4 Å². The molecule has 164 valence electrons. The molecule has 10 heteroatoms. The molecule has 0 aromatic rings. The van der Waals surface area contributed by atoms with Gasteiger partial charge in [-0.15, -0.1) is 0 Å². The van der Waals surface area contributed by atoms with Crippen LogP contribution in [-0.2, 0) is 27.9 Å². The fourth-order valence-corrected chi connectivity index (χ4v) is 2.21. The van der Waals surface area contributed by atoms with Gasteiger partial charge in [0, 0.05) is 24.1 Å². The van der Waals surface area contributed by atoms with E-state index in [4.69, 9.17) is 18.8 Å². The zero-order chi connectivity index (χ0) is 21.5. The second-order valence-electron chi connectivity index (χ2n) is 6.12. The smallest absolute Gasteiger partial charge is 0.430 e. The Balaban J connectivity index is 0.000000419. The van der Waals surface area contributed by atoms with E-state index in [1.54, 1.807) is 7.11 Å². The highest BCUT2D eigenvalue weighted by Gasteiger charge is 2.31. The molecule has 0 radical (unpaired) electrons. The van der Waals surface area contributed by atoms with Crippen LogP contribution in [0.3, 0.4) is 0 Å². The van der Waals surface area contributed by atoms with E-state index in [2.05, 4.69) is 34.6 Å². The zero-order valence-electron chi connectivity index (χ0n) is 17.2. The Kier molecular flexibility index (Phi) is 14.6. The zero-order valence-corrected chi connectivity index (χ0v) is 18.0. The third-order valence-electron chi connectivity index (χ3n) is 3.43. The van der Waals surface area contributed by atoms with Gasteiger partial charge in [0.25, 0.3) is 0 Å². The van der Waals surface area contributed by atoms with Crippen molar-refractivity contribution in [3.05, 3.63) is 11.5 Å². The number of hydrogen-bond donors (Lipinski definition) is 1. The molecule has 0 aliphatic carbocycles. The van der Waals surface area contributed by atoms with Gasteiger partial charge >= 0.3 is 12.3 Å². The lowest BCUT2D eigenvalue weighted by Gasteiger charge is -2.14. The topological polar surface area (TPSA) is 110 Å². The van der Waals surface area contributed by atoms with Crippen molar-refractivity contribution in [2.75, 3.05) is 26.9 Å². The van der Waals surface area contributed by atoms with E-state index >= 15 is 0 Å². The Morgan fingerprint density at radius 1 is 1.25 bits per heavy atom. The number of methoxy groups -OCH3 is 1. The van der Waals surface area contributed by atoms with Gasteiger partial charge in [-0.05, 0) is 27.2 Å². The van der Waals surface area contributed by atoms with Gasteiger partial charge in [-0.25, -0.2) is 9.59 Å². The molecule has 1 N–H and O–H groups in total. The third kappa shape index (κ3) is 12.8. The summed E-state index contributed by atoms with van der Waals surface area (Å²) in [6, 6.07) is 0. The first-order valence-electron chi connectivity index (χ1n) is 9.02. The Morgan fingerprint density at radius 3 is 2.18 bits per heavy atom. The van der Waals surface area contributed by atoms with Gasteiger partial charge in [-0.1, -0.05) is 19.9 Å². The molecule has 0 saturated carbocycles. The molecule has 2 aliphatic heterocycles. The normalized spacial score (nSPS) is 22.2. The summed E-state index contributed by atoms with van der Waals surface area (Å²) < 4.78 is 28.5. The van der Waals surface area contributed by atoms with Crippen molar-refractivity contribution in [1.29, 1.82) is 0 Å². The lowest BCUT2D eigenvalue weighted by molar-refractivity contribution is 0.0687. The van der Waals surface area contributed by atoms with Crippen molar-refractivity contribution in [1.82, 2.24) is 0 Å².